The van der Waals surface area contributed by atoms with Crippen LogP contribution in [0.25, 0.3) is 0 Å². The highest BCUT2D eigenvalue weighted by atomic mass is 35.5. The van der Waals surface area contributed by atoms with Gasteiger partial charge < -0.3 is 5.73 Å². The van der Waals surface area contributed by atoms with Crippen molar-refractivity contribution in [2.24, 2.45) is 5.73 Å². The molecule has 0 spiro atoms. The Kier molecular flexibility index (Phi) is 5.68. The molecule has 1 fully saturated rings. The van der Waals surface area contributed by atoms with Gasteiger partial charge in [-0.05, 0) is 31.0 Å². The monoisotopic (exact) mass is 303 g/mol. The molecule has 1 aromatic carbocycles. The fourth-order valence-electron chi connectivity index (χ4n) is 2.36. The maximum Gasteiger partial charge on any atom is 0.0543 e. The summed E-state index contributed by atoms with van der Waals surface area (Å²) in [5.74, 6) is 0. The van der Waals surface area contributed by atoms with Crippen LogP contribution in [0.5, 0.6) is 0 Å². The van der Waals surface area contributed by atoms with E-state index in [1.54, 1.807) is 11.8 Å². The van der Waals surface area contributed by atoms with E-state index in [4.69, 9.17) is 28.9 Å². The first-order chi connectivity index (χ1) is 8.66. The zero-order chi connectivity index (χ0) is 13.0. The largest absolute Gasteiger partial charge is 0.327 e. The highest BCUT2D eigenvalue weighted by Crippen LogP contribution is 2.36. The standard InChI is InChI=1S/C14H19Cl2NS/c15-10-7-8-11(16)14(9-10)18-13-6-4-2-1-3-5-12(13)17/h7-9,12-13H,1-6,17H2. The Morgan fingerprint density at radius 1 is 1.06 bits per heavy atom. The predicted molar refractivity (Wildman–Crippen MR) is 81.8 cm³/mol. The second-order valence-corrected chi connectivity index (χ2v) is 7.01. The van der Waals surface area contributed by atoms with Gasteiger partial charge in [-0.1, -0.05) is 48.9 Å². The first kappa shape index (κ1) is 14.5. The van der Waals surface area contributed by atoms with Crippen LogP contribution in [0.1, 0.15) is 38.5 Å². The Morgan fingerprint density at radius 2 is 1.78 bits per heavy atom. The van der Waals surface area contributed by atoms with Gasteiger partial charge in [0.2, 0.25) is 0 Å². The fourth-order valence-corrected chi connectivity index (χ4v) is 4.14. The van der Waals surface area contributed by atoms with Crippen LogP contribution in [-0.2, 0) is 0 Å². The molecule has 2 atom stereocenters. The summed E-state index contributed by atoms with van der Waals surface area (Å²) in [6, 6.07) is 5.90. The van der Waals surface area contributed by atoms with Gasteiger partial charge in [0.1, 0.15) is 0 Å². The van der Waals surface area contributed by atoms with Gasteiger partial charge in [0, 0.05) is 21.2 Å². The van der Waals surface area contributed by atoms with Gasteiger partial charge in [-0.3, -0.25) is 0 Å². The summed E-state index contributed by atoms with van der Waals surface area (Å²) < 4.78 is 0. The molecule has 4 heteroatoms. The molecule has 1 aliphatic carbocycles. The molecule has 2 rings (SSSR count). The molecule has 1 saturated carbocycles. The highest BCUT2D eigenvalue weighted by Gasteiger charge is 2.21. The van der Waals surface area contributed by atoms with Crippen LogP contribution in [0.4, 0.5) is 0 Å². The SMILES string of the molecule is NC1CCCCCCC1Sc1cc(Cl)ccc1Cl. The van der Waals surface area contributed by atoms with E-state index in [2.05, 4.69) is 0 Å². The summed E-state index contributed by atoms with van der Waals surface area (Å²) in [4.78, 5) is 1.06. The van der Waals surface area contributed by atoms with Crippen LogP contribution in [0, 0.1) is 0 Å². The minimum Gasteiger partial charge on any atom is -0.327 e. The van der Waals surface area contributed by atoms with Crippen LogP contribution in [-0.4, -0.2) is 11.3 Å². The van der Waals surface area contributed by atoms with E-state index in [1.807, 2.05) is 18.2 Å². The van der Waals surface area contributed by atoms with Crippen LogP contribution in [0.2, 0.25) is 10.0 Å². The van der Waals surface area contributed by atoms with Crippen molar-refractivity contribution >= 4 is 35.0 Å². The molecule has 1 nitrogen and oxygen atoms in total. The molecule has 0 aliphatic heterocycles. The average Bonchev–Trinajstić information content (AvgIpc) is 2.33. The molecule has 100 valence electrons. The van der Waals surface area contributed by atoms with Gasteiger partial charge in [0.05, 0.1) is 5.02 Å². The molecule has 0 aromatic heterocycles. The Balaban J connectivity index is 2.07. The Bertz CT molecular complexity index is 397. The third-order valence-electron chi connectivity index (χ3n) is 3.43. The van der Waals surface area contributed by atoms with E-state index in [9.17, 15) is 0 Å². The maximum absolute atomic E-state index is 6.29. The van der Waals surface area contributed by atoms with E-state index in [1.165, 1.54) is 32.1 Å². The Morgan fingerprint density at radius 3 is 2.56 bits per heavy atom. The third kappa shape index (κ3) is 4.06. The van der Waals surface area contributed by atoms with Gasteiger partial charge in [-0.15, -0.1) is 11.8 Å². The van der Waals surface area contributed by atoms with E-state index in [0.717, 1.165) is 21.4 Å². The van der Waals surface area contributed by atoms with Crippen LogP contribution < -0.4 is 5.73 Å². The van der Waals surface area contributed by atoms with Crippen LogP contribution in [0.15, 0.2) is 23.1 Å². The van der Waals surface area contributed by atoms with Crippen LogP contribution >= 0.6 is 35.0 Å². The molecular weight excluding hydrogens is 285 g/mol. The third-order valence-corrected chi connectivity index (χ3v) is 5.58. The molecule has 2 N–H and O–H groups in total. The number of rotatable bonds is 2. The minimum atomic E-state index is 0.269. The average molecular weight is 304 g/mol. The first-order valence-corrected chi connectivity index (χ1v) is 8.17. The molecule has 18 heavy (non-hydrogen) atoms. The summed E-state index contributed by atoms with van der Waals surface area (Å²) in [7, 11) is 0. The number of benzene rings is 1. The second-order valence-electron chi connectivity index (χ2n) is 4.89. The number of hydrogen-bond donors (Lipinski definition) is 1. The van der Waals surface area contributed by atoms with Crippen molar-refractivity contribution < 1.29 is 0 Å². The molecule has 0 radical (unpaired) electrons. The lowest BCUT2D eigenvalue weighted by atomic mass is 9.97. The topological polar surface area (TPSA) is 26.0 Å². The lowest BCUT2D eigenvalue weighted by molar-refractivity contribution is 0.463. The van der Waals surface area contributed by atoms with Crippen molar-refractivity contribution in [3.05, 3.63) is 28.2 Å². The van der Waals surface area contributed by atoms with E-state index in [-0.39, 0.29) is 6.04 Å². The van der Waals surface area contributed by atoms with Gasteiger partial charge in [-0.2, -0.15) is 0 Å². The summed E-state index contributed by atoms with van der Waals surface area (Å²) in [5.41, 5.74) is 6.29. The van der Waals surface area contributed by atoms with E-state index >= 15 is 0 Å². The molecule has 1 aromatic rings. The maximum atomic E-state index is 6.29. The van der Waals surface area contributed by atoms with Crippen molar-refractivity contribution in [2.75, 3.05) is 0 Å². The van der Waals surface area contributed by atoms with Crippen molar-refractivity contribution in [3.63, 3.8) is 0 Å². The first-order valence-electron chi connectivity index (χ1n) is 6.54. The zero-order valence-electron chi connectivity index (χ0n) is 10.4. The number of hydrogen-bond acceptors (Lipinski definition) is 2. The van der Waals surface area contributed by atoms with E-state index < -0.39 is 0 Å². The summed E-state index contributed by atoms with van der Waals surface area (Å²) in [6.07, 6.45) is 7.46. The quantitative estimate of drug-likeness (QED) is 0.819. The molecule has 2 unspecified atom stereocenters. The number of nitrogens with two attached hydrogens (primary N) is 1. The lowest BCUT2D eigenvalue weighted by Gasteiger charge is -2.26. The lowest BCUT2D eigenvalue weighted by Crippen LogP contribution is -2.33. The normalized spacial score (nSPS) is 25.5. The number of thioether (sulfide) groups is 1. The molecule has 0 amide bonds. The van der Waals surface area contributed by atoms with Crippen molar-refractivity contribution in [3.8, 4) is 0 Å². The Labute approximate surface area is 123 Å². The van der Waals surface area contributed by atoms with Crippen molar-refractivity contribution in [2.45, 2.75) is 54.7 Å². The van der Waals surface area contributed by atoms with Crippen molar-refractivity contribution in [1.82, 2.24) is 0 Å². The summed E-state index contributed by atoms with van der Waals surface area (Å²) >= 11 is 14.0. The van der Waals surface area contributed by atoms with Crippen molar-refractivity contribution in [1.29, 1.82) is 0 Å². The van der Waals surface area contributed by atoms with Gasteiger partial charge in [-0.25, -0.2) is 0 Å². The summed E-state index contributed by atoms with van der Waals surface area (Å²) in [6.45, 7) is 0. The molecule has 0 heterocycles. The highest BCUT2D eigenvalue weighted by molar-refractivity contribution is 8.00. The van der Waals surface area contributed by atoms with Crippen LogP contribution in [0.3, 0.4) is 0 Å². The number of halogens is 2. The molecule has 0 saturated heterocycles. The second kappa shape index (κ2) is 7.04. The van der Waals surface area contributed by atoms with E-state index in [0.29, 0.717) is 5.25 Å². The summed E-state index contributed by atoms with van der Waals surface area (Å²) in [5, 5.41) is 1.97. The predicted octanol–water partition coefficient (Wildman–Crippen LogP) is 5.14. The molecular formula is C14H19Cl2NS. The van der Waals surface area contributed by atoms with Gasteiger partial charge in [0.15, 0.2) is 0 Å². The Hall–Kier alpha value is 0.110. The molecule has 1 aliphatic rings. The van der Waals surface area contributed by atoms with Gasteiger partial charge >= 0.3 is 0 Å². The molecule has 0 bridgehead atoms. The fraction of sp³-hybridized carbons (Fsp3) is 0.571. The zero-order valence-corrected chi connectivity index (χ0v) is 12.7. The van der Waals surface area contributed by atoms with Gasteiger partial charge in [0.25, 0.3) is 0 Å². The minimum absolute atomic E-state index is 0.269. The smallest absolute Gasteiger partial charge is 0.0543 e.